The first-order chi connectivity index (χ1) is 15.7. The lowest BCUT2D eigenvalue weighted by Crippen LogP contribution is -2.46. The summed E-state index contributed by atoms with van der Waals surface area (Å²) in [5.41, 5.74) is 0.0696. The second kappa shape index (κ2) is 10.7. The van der Waals surface area contributed by atoms with E-state index >= 15 is 0 Å². The number of rotatable bonds is 6. The van der Waals surface area contributed by atoms with Crippen LogP contribution in [0.3, 0.4) is 0 Å². The van der Waals surface area contributed by atoms with Gasteiger partial charge < -0.3 is 15.5 Å². The summed E-state index contributed by atoms with van der Waals surface area (Å²) in [6.07, 6.45) is -2.77. The predicted molar refractivity (Wildman–Crippen MR) is 117 cm³/mol. The quantitative estimate of drug-likeness (QED) is 0.559. The van der Waals surface area contributed by atoms with Crippen molar-refractivity contribution in [2.45, 2.75) is 38.9 Å². The molecule has 33 heavy (non-hydrogen) atoms. The van der Waals surface area contributed by atoms with Crippen molar-refractivity contribution in [1.29, 1.82) is 0 Å². The van der Waals surface area contributed by atoms with Gasteiger partial charge in [0.05, 0.1) is 5.56 Å². The number of nitrogens with one attached hydrogen (secondary N) is 2. The van der Waals surface area contributed by atoms with Crippen LogP contribution >= 0.6 is 0 Å². The third kappa shape index (κ3) is 6.94. The number of hydrogen-bond donors (Lipinski definition) is 2. The minimum atomic E-state index is -4.48. The fraction of sp³-hybridized carbons (Fsp3) is 0.417. The first-order valence-electron chi connectivity index (χ1n) is 10.9. The van der Waals surface area contributed by atoms with Crippen LogP contribution in [0.15, 0.2) is 48.5 Å². The molecule has 2 N–H and O–H groups in total. The van der Waals surface area contributed by atoms with Crippen molar-refractivity contribution in [3.8, 4) is 0 Å². The maximum Gasteiger partial charge on any atom is 0.416 e. The first-order valence-corrected chi connectivity index (χ1v) is 10.9. The minimum Gasteiger partial charge on any atom is -0.352 e. The largest absolute Gasteiger partial charge is 0.416 e. The summed E-state index contributed by atoms with van der Waals surface area (Å²) in [5, 5.41) is 5.40. The molecule has 1 saturated heterocycles. The highest BCUT2D eigenvalue weighted by Gasteiger charge is 2.33. The van der Waals surface area contributed by atoms with Crippen molar-refractivity contribution in [3.63, 3.8) is 0 Å². The number of benzene rings is 2. The van der Waals surface area contributed by atoms with Gasteiger partial charge >= 0.3 is 12.2 Å². The topological polar surface area (TPSA) is 61.4 Å². The zero-order valence-corrected chi connectivity index (χ0v) is 18.3. The van der Waals surface area contributed by atoms with Crippen LogP contribution in [0.25, 0.3) is 0 Å². The molecular weight excluding hydrogens is 438 g/mol. The summed E-state index contributed by atoms with van der Waals surface area (Å²) in [5.74, 6) is -0.243. The molecule has 2 atom stereocenters. The van der Waals surface area contributed by atoms with Crippen LogP contribution in [0.2, 0.25) is 0 Å². The Labute approximate surface area is 190 Å². The summed E-state index contributed by atoms with van der Waals surface area (Å²) in [7, 11) is 0. The summed E-state index contributed by atoms with van der Waals surface area (Å²) in [6, 6.07) is 10.0. The number of anilines is 1. The average molecular weight is 465 g/mol. The molecule has 0 radical (unpaired) electrons. The van der Waals surface area contributed by atoms with Crippen LogP contribution in [0.1, 0.15) is 37.3 Å². The standard InChI is InChI=1S/C24H27F4N3O2/c1-2-17-15-31(23(33)30-21-5-3-4-19(13-21)24(26,27)28)11-10-18(17)12-22(32)29-14-16-6-8-20(25)9-7-16/h3-9,13,17-18H,2,10-12,14-15H2,1H3,(H,29,32)(H,30,33)/t17-,18+/m1/s1. The Morgan fingerprint density at radius 3 is 2.48 bits per heavy atom. The molecule has 2 aromatic carbocycles. The molecule has 0 spiro atoms. The van der Waals surface area contributed by atoms with Gasteiger partial charge in [0.1, 0.15) is 5.82 Å². The molecule has 1 fully saturated rings. The highest BCUT2D eigenvalue weighted by atomic mass is 19.4. The number of hydrogen-bond acceptors (Lipinski definition) is 2. The highest BCUT2D eigenvalue weighted by Crippen LogP contribution is 2.32. The average Bonchev–Trinajstić information content (AvgIpc) is 2.78. The molecule has 0 saturated carbocycles. The molecule has 0 aromatic heterocycles. The molecule has 1 aliphatic rings. The third-order valence-electron chi connectivity index (χ3n) is 5.99. The Kier molecular flexibility index (Phi) is 7.94. The van der Waals surface area contributed by atoms with Gasteiger partial charge in [-0.1, -0.05) is 31.5 Å². The molecule has 178 valence electrons. The second-order valence-electron chi connectivity index (χ2n) is 8.28. The number of carbonyl (C=O) groups excluding carboxylic acids is 2. The van der Waals surface area contributed by atoms with Crippen LogP contribution in [-0.2, 0) is 17.5 Å². The molecule has 3 rings (SSSR count). The monoisotopic (exact) mass is 465 g/mol. The fourth-order valence-corrected chi connectivity index (χ4v) is 4.09. The summed E-state index contributed by atoms with van der Waals surface area (Å²) < 4.78 is 51.7. The maximum absolute atomic E-state index is 13.0. The lowest BCUT2D eigenvalue weighted by atomic mass is 9.81. The van der Waals surface area contributed by atoms with E-state index in [2.05, 4.69) is 10.6 Å². The molecule has 5 nitrogen and oxygen atoms in total. The number of nitrogens with zero attached hydrogens (tertiary/aromatic N) is 1. The Hall–Kier alpha value is -3.10. The smallest absolute Gasteiger partial charge is 0.352 e. The van der Waals surface area contributed by atoms with Gasteiger partial charge in [0.15, 0.2) is 0 Å². The van der Waals surface area contributed by atoms with Crippen molar-refractivity contribution in [2.24, 2.45) is 11.8 Å². The van der Waals surface area contributed by atoms with E-state index in [0.717, 1.165) is 24.1 Å². The molecule has 9 heteroatoms. The van der Waals surface area contributed by atoms with Crippen molar-refractivity contribution in [1.82, 2.24) is 10.2 Å². The number of alkyl halides is 3. The van der Waals surface area contributed by atoms with Crippen molar-refractivity contribution in [3.05, 3.63) is 65.5 Å². The molecule has 0 bridgehead atoms. The van der Waals surface area contributed by atoms with Crippen LogP contribution in [0.4, 0.5) is 28.0 Å². The van der Waals surface area contributed by atoms with E-state index in [1.54, 1.807) is 17.0 Å². The summed E-state index contributed by atoms with van der Waals surface area (Å²) in [4.78, 5) is 26.6. The second-order valence-corrected chi connectivity index (χ2v) is 8.28. The van der Waals surface area contributed by atoms with Gasteiger partial charge in [-0.25, -0.2) is 9.18 Å². The molecule has 0 aliphatic carbocycles. The number of carbonyl (C=O) groups is 2. The molecule has 1 heterocycles. The third-order valence-corrected chi connectivity index (χ3v) is 5.99. The van der Waals surface area contributed by atoms with E-state index in [9.17, 15) is 27.2 Å². The molecule has 1 aliphatic heterocycles. The molecule has 2 aromatic rings. The van der Waals surface area contributed by atoms with Crippen LogP contribution in [0, 0.1) is 17.7 Å². The normalized spacial score (nSPS) is 18.6. The van der Waals surface area contributed by atoms with Crippen molar-refractivity contribution < 1.29 is 27.2 Å². The Bertz CT molecular complexity index is 963. The first kappa shape index (κ1) is 24.5. The van der Waals surface area contributed by atoms with Crippen LogP contribution < -0.4 is 10.6 Å². The molecular formula is C24H27F4N3O2. The van der Waals surface area contributed by atoms with Gasteiger partial charge in [-0.2, -0.15) is 13.2 Å². The SMILES string of the molecule is CC[C@@H]1CN(C(=O)Nc2cccc(C(F)(F)F)c2)CC[C@H]1CC(=O)NCc1ccc(F)cc1. The van der Waals surface area contributed by atoms with Crippen molar-refractivity contribution in [2.75, 3.05) is 18.4 Å². The van der Waals surface area contributed by atoms with Gasteiger partial charge in [0.25, 0.3) is 0 Å². The van der Waals surface area contributed by atoms with E-state index in [1.807, 2.05) is 6.92 Å². The minimum absolute atomic E-state index is 0.0881. The summed E-state index contributed by atoms with van der Waals surface area (Å²) in [6.45, 7) is 3.14. The number of piperidine rings is 1. The Morgan fingerprint density at radius 2 is 1.82 bits per heavy atom. The fourth-order valence-electron chi connectivity index (χ4n) is 4.09. The van der Waals surface area contributed by atoms with E-state index in [4.69, 9.17) is 0 Å². The lowest BCUT2D eigenvalue weighted by Gasteiger charge is -2.38. The van der Waals surface area contributed by atoms with Crippen molar-refractivity contribution >= 4 is 17.6 Å². The van der Waals surface area contributed by atoms with Crippen LogP contribution in [0.5, 0.6) is 0 Å². The zero-order chi connectivity index (χ0) is 24.0. The predicted octanol–water partition coefficient (Wildman–Crippen LogP) is 5.43. The number of likely N-dealkylation sites (tertiary alicyclic amines) is 1. The van der Waals surface area contributed by atoms with E-state index in [-0.39, 0.29) is 29.2 Å². The van der Waals surface area contributed by atoms with Crippen LogP contribution in [-0.4, -0.2) is 29.9 Å². The van der Waals surface area contributed by atoms with Gasteiger partial charge in [0.2, 0.25) is 5.91 Å². The zero-order valence-electron chi connectivity index (χ0n) is 18.3. The number of halogens is 4. The lowest BCUT2D eigenvalue weighted by molar-refractivity contribution is -0.137. The van der Waals surface area contributed by atoms with Gasteiger partial charge in [-0.3, -0.25) is 4.79 Å². The van der Waals surface area contributed by atoms with E-state index in [0.29, 0.717) is 32.5 Å². The summed E-state index contributed by atoms with van der Waals surface area (Å²) >= 11 is 0. The van der Waals surface area contributed by atoms with Gasteiger partial charge in [-0.05, 0) is 54.2 Å². The van der Waals surface area contributed by atoms with Gasteiger partial charge in [0, 0.05) is 31.7 Å². The highest BCUT2D eigenvalue weighted by molar-refractivity contribution is 5.89. The Balaban J connectivity index is 1.51. The number of urea groups is 1. The Morgan fingerprint density at radius 1 is 1.09 bits per heavy atom. The van der Waals surface area contributed by atoms with E-state index in [1.165, 1.54) is 24.3 Å². The van der Waals surface area contributed by atoms with E-state index < -0.39 is 17.8 Å². The molecule has 0 unspecified atom stereocenters. The van der Waals surface area contributed by atoms with Gasteiger partial charge in [-0.15, -0.1) is 0 Å². The maximum atomic E-state index is 13.0. The number of amides is 3. The molecule has 3 amide bonds.